The largest absolute Gasteiger partial charge is 0.352 e. The van der Waals surface area contributed by atoms with E-state index in [1.807, 2.05) is 36.1 Å². The molecule has 3 rings (SSSR count). The van der Waals surface area contributed by atoms with Crippen LogP contribution in [0.4, 0.5) is 5.69 Å². The Bertz CT molecular complexity index is 984. The molecule has 6 nitrogen and oxygen atoms in total. The first-order valence-electron chi connectivity index (χ1n) is 11.2. The molecule has 1 fully saturated rings. The van der Waals surface area contributed by atoms with Crippen LogP contribution in [0.15, 0.2) is 42.5 Å². The second-order valence-corrected chi connectivity index (χ2v) is 9.38. The Balaban J connectivity index is 1.56. The maximum atomic E-state index is 12.9. The molecule has 3 amide bonds. The topological polar surface area (TPSA) is 78.5 Å². The van der Waals surface area contributed by atoms with E-state index in [0.29, 0.717) is 16.8 Å². The standard InChI is InChI=1S/C26H33N3O3/c1-18-8-7-9-21(23(18)25(32)29-16-5-6-17-29)28-22(30)14-15-27-24(31)19-10-12-20(13-11-19)26(2,3)4/h7-13H,5-6,14-17H2,1-4H3,(H,27,31)(H,28,30). The van der Waals surface area contributed by atoms with E-state index in [9.17, 15) is 14.4 Å². The van der Waals surface area contributed by atoms with Crippen LogP contribution in [0.2, 0.25) is 0 Å². The van der Waals surface area contributed by atoms with Gasteiger partial charge in [-0.2, -0.15) is 0 Å². The van der Waals surface area contributed by atoms with E-state index in [1.54, 1.807) is 18.2 Å². The number of anilines is 1. The normalized spacial score (nSPS) is 13.7. The molecule has 6 heteroatoms. The molecule has 1 aliphatic heterocycles. The Labute approximate surface area is 190 Å². The number of hydrogen-bond donors (Lipinski definition) is 2. The first-order valence-corrected chi connectivity index (χ1v) is 11.2. The number of hydrogen-bond acceptors (Lipinski definition) is 3. The van der Waals surface area contributed by atoms with Crippen molar-refractivity contribution in [3.05, 3.63) is 64.7 Å². The van der Waals surface area contributed by atoms with Crippen molar-refractivity contribution in [3.8, 4) is 0 Å². The summed E-state index contributed by atoms with van der Waals surface area (Å²) in [6, 6.07) is 13.0. The van der Waals surface area contributed by atoms with Crippen molar-refractivity contribution in [2.45, 2.75) is 52.4 Å². The highest BCUT2D eigenvalue weighted by Gasteiger charge is 2.24. The van der Waals surface area contributed by atoms with Crippen molar-refractivity contribution in [1.29, 1.82) is 0 Å². The monoisotopic (exact) mass is 435 g/mol. The SMILES string of the molecule is Cc1cccc(NC(=O)CCNC(=O)c2ccc(C(C)(C)C)cc2)c1C(=O)N1CCCC1. The van der Waals surface area contributed by atoms with Gasteiger partial charge in [-0.05, 0) is 54.5 Å². The molecule has 170 valence electrons. The summed E-state index contributed by atoms with van der Waals surface area (Å²) in [7, 11) is 0. The van der Waals surface area contributed by atoms with Crippen molar-refractivity contribution in [1.82, 2.24) is 10.2 Å². The van der Waals surface area contributed by atoms with Crippen LogP contribution in [0, 0.1) is 6.92 Å². The molecule has 2 N–H and O–H groups in total. The Morgan fingerprint density at radius 2 is 1.62 bits per heavy atom. The lowest BCUT2D eigenvalue weighted by Crippen LogP contribution is -2.30. The molecule has 0 spiro atoms. The highest BCUT2D eigenvalue weighted by Crippen LogP contribution is 2.24. The van der Waals surface area contributed by atoms with Gasteiger partial charge < -0.3 is 15.5 Å². The quantitative estimate of drug-likeness (QED) is 0.711. The van der Waals surface area contributed by atoms with Gasteiger partial charge in [0.2, 0.25) is 5.91 Å². The summed E-state index contributed by atoms with van der Waals surface area (Å²) in [4.78, 5) is 39.7. The highest BCUT2D eigenvalue weighted by molar-refractivity contribution is 6.05. The average Bonchev–Trinajstić information content (AvgIpc) is 3.28. The molecule has 2 aromatic rings. The molecule has 1 heterocycles. The van der Waals surface area contributed by atoms with Gasteiger partial charge in [0.25, 0.3) is 11.8 Å². The van der Waals surface area contributed by atoms with Gasteiger partial charge in [-0.25, -0.2) is 0 Å². The number of rotatable bonds is 6. The fraction of sp³-hybridized carbons (Fsp3) is 0.423. The molecule has 0 atom stereocenters. The molecule has 0 bridgehead atoms. The first kappa shape index (κ1) is 23.5. The Morgan fingerprint density at radius 1 is 0.969 bits per heavy atom. The Hall–Kier alpha value is -3.15. The number of amides is 3. The van der Waals surface area contributed by atoms with Crippen LogP contribution < -0.4 is 10.6 Å². The molecule has 0 radical (unpaired) electrons. The average molecular weight is 436 g/mol. The van der Waals surface area contributed by atoms with Gasteiger partial charge in [-0.3, -0.25) is 14.4 Å². The summed E-state index contributed by atoms with van der Waals surface area (Å²) in [6.07, 6.45) is 2.15. The highest BCUT2D eigenvalue weighted by atomic mass is 16.2. The molecule has 32 heavy (non-hydrogen) atoms. The third kappa shape index (κ3) is 5.75. The van der Waals surface area contributed by atoms with Crippen molar-refractivity contribution in [3.63, 3.8) is 0 Å². The molecule has 0 unspecified atom stereocenters. The predicted octanol–water partition coefficient (Wildman–Crippen LogP) is 4.29. The van der Waals surface area contributed by atoms with Gasteiger partial charge in [-0.15, -0.1) is 0 Å². The molecule has 2 aromatic carbocycles. The van der Waals surface area contributed by atoms with Gasteiger partial charge in [0, 0.05) is 31.6 Å². The fourth-order valence-corrected chi connectivity index (χ4v) is 3.86. The van der Waals surface area contributed by atoms with Gasteiger partial charge in [0.15, 0.2) is 0 Å². The van der Waals surface area contributed by atoms with E-state index in [2.05, 4.69) is 31.4 Å². The molecule has 0 aromatic heterocycles. The van der Waals surface area contributed by atoms with Crippen LogP contribution >= 0.6 is 0 Å². The van der Waals surface area contributed by atoms with Crippen LogP contribution in [0.1, 0.15) is 71.9 Å². The summed E-state index contributed by atoms with van der Waals surface area (Å²) in [5, 5.41) is 5.65. The minimum atomic E-state index is -0.241. The van der Waals surface area contributed by atoms with E-state index >= 15 is 0 Å². The maximum Gasteiger partial charge on any atom is 0.256 e. The molecule has 1 aliphatic rings. The number of carbonyl (C=O) groups is 3. The third-order valence-corrected chi connectivity index (χ3v) is 5.80. The molecule has 1 saturated heterocycles. The van der Waals surface area contributed by atoms with Crippen LogP contribution in [0.5, 0.6) is 0 Å². The zero-order valence-electron chi connectivity index (χ0n) is 19.5. The van der Waals surface area contributed by atoms with Gasteiger partial charge in [-0.1, -0.05) is 45.0 Å². The molecule has 0 aliphatic carbocycles. The fourth-order valence-electron chi connectivity index (χ4n) is 3.86. The molecule has 0 saturated carbocycles. The number of likely N-dealkylation sites (tertiary alicyclic amines) is 1. The number of aryl methyl sites for hydroxylation is 1. The van der Waals surface area contributed by atoms with E-state index in [-0.39, 0.29) is 36.1 Å². The zero-order valence-corrected chi connectivity index (χ0v) is 19.5. The van der Waals surface area contributed by atoms with Crippen molar-refractivity contribution < 1.29 is 14.4 Å². The smallest absolute Gasteiger partial charge is 0.256 e. The van der Waals surface area contributed by atoms with E-state index in [0.717, 1.165) is 37.1 Å². The van der Waals surface area contributed by atoms with Gasteiger partial charge in [0.05, 0.1) is 11.3 Å². The number of nitrogens with zero attached hydrogens (tertiary/aromatic N) is 1. The zero-order chi connectivity index (χ0) is 23.3. The number of nitrogens with one attached hydrogen (secondary N) is 2. The lowest BCUT2D eigenvalue weighted by Gasteiger charge is -2.20. The molecular formula is C26H33N3O3. The lowest BCUT2D eigenvalue weighted by atomic mass is 9.87. The Kier molecular flexibility index (Phi) is 7.33. The van der Waals surface area contributed by atoms with E-state index < -0.39 is 0 Å². The maximum absolute atomic E-state index is 12.9. The van der Waals surface area contributed by atoms with E-state index in [4.69, 9.17) is 0 Å². The van der Waals surface area contributed by atoms with Crippen molar-refractivity contribution in [2.75, 3.05) is 25.0 Å². The Morgan fingerprint density at radius 3 is 2.25 bits per heavy atom. The predicted molar refractivity (Wildman–Crippen MR) is 127 cm³/mol. The van der Waals surface area contributed by atoms with Crippen LogP contribution in [0.3, 0.4) is 0 Å². The third-order valence-electron chi connectivity index (χ3n) is 5.80. The molecular weight excluding hydrogens is 402 g/mol. The minimum absolute atomic E-state index is 0.0257. The van der Waals surface area contributed by atoms with Crippen molar-refractivity contribution >= 4 is 23.4 Å². The van der Waals surface area contributed by atoms with Crippen LogP contribution in [0.25, 0.3) is 0 Å². The number of carbonyl (C=O) groups excluding carboxylic acids is 3. The summed E-state index contributed by atoms with van der Waals surface area (Å²) in [5.41, 5.74) is 3.66. The summed E-state index contributed by atoms with van der Waals surface area (Å²) in [5.74, 6) is -0.490. The summed E-state index contributed by atoms with van der Waals surface area (Å²) >= 11 is 0. The lowest BCUT2D eigenvalue weighted by molar-refractivity contribution is -0.116. The van der Waals surface area contributed by atoms with E-state index in [1.165, 1.54) is 0 Å². The van der Waals surface area contributed by atoms with Gasteiger partial charge in [0.1, 0.15) is 0 Å². The first-order chi connectivity index (χ1) is 15.2. The summed E-state index contributed by atoms with van der Waals surface area (Å²) in [6.45, 7) is 9.97. The van der Waals surface area contributed by atoms with Gasteiger partial charge >= 0.3 is 0 Å². The second kappa shape index (κ2) is 9.98. The number of benzene rings is 2. The summed E-state index contributed by atoms with van der Waals surface area (Å²) < 4.78 is 0. The van der Waals surface area contributed by atoms with Crippen LogP contribution in [-0.2, 0) is 10.2 Å². The second-order valence-electron chi connectivity index (χ2n) is 9.38. The van der Waals surface area contributed by atoms with Crippen LogP contribution in [-0.4, -0.2) is 42.3 Å². The minimum Gasteiger partial charge on any atom is -0.352 e. The van der Waals surface area contributed by atoms with Crippen molar-refractivity contribution in [2.24, 2.45) is 0 Å².